The van der Waals surface area contributed by atoms with E-state index in [-0.39, 0.29) is 30.3 Å². The SMILES string of the molecule is CCCC1=[C-]C2=CC=CCC(c3cccc4ccccc34)C2=C1.CCCC1=[C-]C2=CC=CCC(c3cccc4ccccc34)C2=C1.C[Si](C)=[Hf+2].[Cl-].[Cl-]. The molecule has 8 rings (SSSR count). The quantitative estimate of drug-likeness (QED) is 0.141. The number of hydrogen-bond donors (Lipinski definition) is 0. The van der Waals surface area contributed by atoms with E-state index < -0.39 is 0 Å². The van der Waals surface area contributed by atoms with Crippen LogP contribution < -0.4 is 24.8 Å². The molecule has 2 atom stereocenters. The van der Waals surface area contributed by atoms with Crippen molar-refractivity contribution in [3.05, 3.63) is 190 Å². The predicted octanol–water partition coefficient (Wildman–Crippen LogP) is 7.35. The van der Waals surface area contributed by atoms with Gasteiger partial charge in [0, 0.05) is 0 Å². The van der Waals surface area contributed by atoms with Gasteiger partial charge in [-0.05, 0) is 70.2 Å². The average molecular weight is 902 g/mol. The van der Waals surface area contributed by atoms with Gasteiger partial charge in [-0.15, -0.1) is 47.6 Å². The summed E-state index contributed by atoms with van der Waals surface area (Å²) in [6.07, 6.45) is 32.1. The molecule has 4 aromatic carbocycles. The molecule has 0 bridgehead atoms. The molecule has 0 N–H and O–H groups in total. The van der Waals surface area contributed by atoms with Crippen molar-refractivity contribution in [2.45, 2.75) is 77.3 Å². The Hall–Kier alpha value is -3.01. The van der Waals surface area contributed by atoms with Crippen molar-refractivity contribution in [1.29, 1.82) is 0 Å². The van der Waals surface area contributed by atoms with E-state index >= 15 is 0 Å². The number of allylic oxidation sites excluding steroid dienone is 16. The Balaban J connectivity index is 0.000000204. The van der Waals surface area contributed by atoms with Gasteiger partial charge in [0.25, 0.3) is 0 Å². The minimum atomic E-state index is 0. The second kappa shape index (κ2) is 20.4. The monoisotopic (exact) mass is 902 g/mol. The van der Waals surface area contributed by atoms with Crippen molar-refractivity contribution in [2.24, 2.45) is 0 Å². The molecule has 2 unspecified atom stereocenters. The molecule has 52 heavy (non-hydrogen) atoms. The summed E-state index contributed by atoms with van der Waals surface area (Å²) in [6, 6.07) is 30.8. The summed E-state index contributed by atoms with van der Waals surface area (Å²) in [6.45, 7) is 9.13. The Morgan fingerprint density at radius 3 is 1.38 bits per heavy atom. The van der Waals surface area contributed by atoms with Crippen LogP contribution in [-0.2, 0) is 23.0 Å². The fourth-order valence-corrected chi connectivity index (χ4v) is 7.46. The molecule has 4 aromatic rings. The molecule has 264 valence electrons. The number of fused-ring (bicyclic) bond motifs is 4. The third-order valence-electron chi connectivity index (χ3n) is 9.60. The minimum Gasteiger partial charge on any atom is -1.00 e. The molecular weight excluding hydrogens is 854 g/mol. The van der Waals surface area contributed by atoms with Crippen LogP contribution in [0.15, 0.2) is 167 Å². The summed E-state index contributed by atoms with van der Waals surface area (Å²) >= 11 is 1.45. The van der Waals surface area contributed by atoms with Crippen LogP contribution in [0.2, 0.25) is 13.1 Å². The summed E-state index contributed by atoms with van der Waals surface area (Å²) in [5.74, 6) is 0.848. The normalized spacial score (nSPS) is 18.1. The van der Waals surface area contributed by atoms with Gasteiger partial charge < -0.3 is 24.8 Å². The van der Waals surface area contributed by atoms with Crippen LogP contribution in [-0.4, -0.2) is 5.49 Å². The number of halogens is 2. The van der Waals surface area contributed by atoms with Crippen molar-refractivity contribution >= 4 is 27.0 Å². The van der Waals surface area contributed by atoms with Gasteiger partial charge in [0.15, 0.2) is 0 Å². The smallest absolute Gasteiger partial charge is 1.00 e. The Kier molecular flexibility index (Phi) is 16.4. The van der Waals surface area contributed by atoms with Crippen molar-refractivity contribution in [2.75, 3.05) is 0 Å². The van der Waals surface area contributed by atoms with Gasteiger partial charge in [0.1, 0.15) is 0 Å². The van der Waals surface area contributed by atoms with E-state index in [0.717, 1.165) is 25.7 Å². The fourth-order valence-electron chi connectivity index (χ4n) is 7.46. The van der Waals surface area contributed by atoms with E-state index in [9.17, 15) is 0 Å². The van der Waals surface area contributed by atoms with E-state index in [1.807, 2.05) is 0 Å². The van der Waals surface area contributed by atoms with E-state index in [1.54, 1.807) is 0 Å². The minimum absolute atomic E-state index is 0. The van der Waals surface area contributed by atoms with E-state index in [2.05, 4.69) is 173 Å². The fraction of sp³-hybridized carbons (Fsp3) is 0.250. The van der Waals surface area contributed by atoms with Gasteiger partial charge in [0.2, 0.25) is 0 Å². The second-order valence-electron chi connectivity index (χ2n) is 13.7. The molecular formula is C48H48Cl2HfSi-2. The molecule has 0 amide bonds. The van der Waals surface area contributed by atoms with Crippen molar-refractivity contribution < 1.29 is 47.8 Å². The van der Waals surface area contributed by atoms with Crippen LogP contribution >= 0.6 is 0 Å². The van der Waals surface area contributed by atoms with Crippen molar-refractivity contribution in [1.82, 2.24) is 0 Å². The molecule has 0 fully saturated rings. The molecule has 0 radical (unpaired) electrons. The summed E-state index contributed by atoms with van der Waals surface area (Å²) in [5, 5.41) is 5.40. The summed E-state index contributed by atoms with van der Waals surface area (Å²) in [7, 11) is 0. The Labute approximate surface area is 339 Å². The summed E-state index contributed by atoms with van der Waals surface area (Å²) in [4.78, 5) is 0. The molecule has 0 nitrogen and oxygen atoms in total. The maximum Gasteiger partial charge on any atom is -1.00 e. The van der Waals surface area contributed by atoms with Crippen LogP contribution in [0.4, 0.5) is 0 Å². The van der Waals surface area contributed by atoms with Crippen LogP contribution in [0.25, 0.3) is 21.5 Å². The Bertz CT molecular complexity index is 1980. The molecule has 0 aromatic heterocycles. The zero-order valence-corrected chi connectivity index (χ0v) is 37.0. The van der Waals surface area contributed by atoms with E-state index in [1.165, 1.54) is 102 Å². The average Bonchev–Trinajstić information content (AvgIpc) is 3.58. The van der Waals surface area contributed by atoms with Crippen molar-refractivity contribution in [3.8, 4) is 0 Å². The van der Waals surface area contributed by atoms with Crippen LogP contribution in [0.5, 0.6) is 0 Å². The van der Waals surface area contributed by atoms with E-state index in [0.29, 0.717) is 11.8 Å². The number of rotatable bonds is 6. The van der Waals surface area contributed by atoms with Gasteiger partial charge >= 0.3 is 41.6 Å². The zero-order chi connectivity index (χ0) is 34.9. The standard InChI is InChI=1S/2C23H21.C2H6Si.2ClH.Hf/c2*1-2-8-17-15-19-10-4-6-13-22(23(19)16-17)21-14-7-11-18-9-3-5-12-20(18)21;1-3-2;;;/h2*3-7,9-12,14,16,22H,2,8,13H2,1H3;1-2H3;2*1H;/q2*-1;;;;+2/p-2. The number of hydrogen-bond acceptors (Lipinski definition) is 0. The Morgan fingerprint density at radius 1 is 0.596 bits per heavy atom. The third kappa shape index (κ3) is 10.1. The maximum atomic E-state index is 3.62. The topological polar surface area (TPSA) is 0 Å². The molecule has 0 heterocycles. The predicted molar refractivity (Wildman–Crippen MR) is 214 cm³/mol. The summed E-state index contributed by atoms with van der Waals surface area (Å²) in [5.41, 5.74) is 11.3. The van der Waals surface area contributed by atoms with Gasteiger partial charge in [0.05, 0.1) is 0 Å². The van der Waals surface area contributed by atoms with Crippen LogP contribution in [0.1, 0.15) is 75.3 Å². The Morgan fingerprint density at radius 2 is 0.981 bits per heavy atom. The summed E-state index contributed by atoms with van der Waals surface area (Å²) < 4.78 is 0. The van der Waals surface area contributed by atoms with Crippen molar-refractivity contribution in [3.63, 3.8) is 0 Å². The first kappa shape index (κ1) is 41.7. The first-order valence-corrected chi connectivity index (χ1v) is 26.3. The second-order valence-corrected chi connectivity index (χ2v) is 26.5. The van der Waals surface area contributed by atoms with Gasteiger partial charge in [-0.25, -0.2) is 0 Å². The molecule has 0 saturated heterocycles. The molecule has 0 spiro atoms. The molecule has 4 aliphatic rings. The van der Waals surface area contributed by atoms with Crippen LogP contribution in [0.3, 0.4) is 0 Å². The van der Waals surface area contributed by atoms with Gasteiger partial charge in [-0.2, -0.15) is 34.4 Å². The molecule has 0 aliphatic heterocycles. The molecule has 4 heteroatoms. The molecule has 4 aliphatic carbocycles. The number of benzene rings is 4. The van der Waals surface area contributed by atoms with Gasteiger partial charge in [-0.1, -0.05) is 124 Å². The first-order chi connectivity index (χ1) is 24.5. The van der Waals surface area contributed by atoms with Gasteiger partial charge in [-0.3, -0.25) is 0 Å². The third-order valence-corrected chi connectivity index (χ3v) is 9.60. The maximum absolute atomic E-state index is 3.62. The van der Waals surface area contributed by atoms with Crippen LogP contribution in [0, 0.1) is 12.2 Å². The first-order valence-electron chi connectivity index (χ1n) is 18.4. The molecule has 0 saturated carbocycles. The zero-order valence-electron chi connectivity index (χ0n) is 30.9. The van der Waals surface area contributed by atoms with E-state index in [4.69, 9.17) is 0 Å². The largest absolute Gasteiger partial charge is 1.00 e.